The standard InChI is InChI=1S/C20H23FN2O4S/c1-15-4-8-17(9-5-15)23(14-20(24)22-13-18-3-2-12-27-18)28(25,26)19-10-6-16(21)7-11-19/h4-11,18H,2-3,12-14H2,1H3,(H,22,24)/t18-/m0/s1. The minimum atomic E-state index is -4.04. The molecule has 2 aromatic carbocycles. The van der Waals surface area contributed by atoms with Gasteiger partial charge in [-0.1, -0.05) is 17.7 Å². The molecule has 0 unspecified atom stereocenters. The summed E-state index contributed by atoms with van der Waals surface area (Å²) in [6.07, 6.45) is 1.79. The summed E-state index contributed by atoms with van der Waals surface area (Å²) in [5, 5.41) is 2.74. The molecule has 1 fully saturated rings. The van der Waals surface area contributed by atoms with E-state index in [1.54, 1.807) is 24.3 Å². The van der Waals surface area contributed by atoms with E-state index < -0.39 is 21.7 Å². The molecule has 1 N–H and O–H groups in total. The first-order valence-electron chi connectivity index (χ1n) is 9.09. The van der Waals surface area contributed by atoms with E-state index >= 15 is 0 Å². The van der Waals surface area contributed by atoms with Gasteiger partial charge in [-0.25, -0.2) is 12.8 Å². The second-order valence-corrected chi connectivity index (χ2v) is 8.60. The van der Waals surface area contributed by atoms with Gasteiger partial charge in [0.25, 0.3) is 10.0 Å². The maximum Gasteiger partial charge on any atom is 0.264 e. The van der Waals surface area contributed by atoms with E-state index in [-0.39, 0.29) is 17.5 Å². The monoisotopic (exact) mass is 406 g/mol. The third kappa shape index (κ3) is 4.88. The van der Waals surface area contributed by atoms with E-state index in [1.807, 2.05) is 6.92 Å². The van der Waals surface area contributed by atoms with E-state index in [1.165, 1.54) is 12.1 Å². The lowest BCUT2D eigenvalue weighted by atomic mass is 10.2. The van der Waals surface area contributed by atoms with E-state index in [0.29, 0.717) is 18.8 Å². The first-order valence-corrected chi connectivity index (χ1v) is 10.5. The minimum Gasteiger partial charge on any atom is -0.376 e. The van der Waals surface area contributed by atoms with Gasteiger partial charge in [-0.3, -0.25) is 9.10 Å². The van der Waals surface area contributed by atoms with Crippen LogP contribution in [-0.2, 0) is 19.6 Å². The molecule has 1 saturated heterocycles. The first-order chi connectivity index (χ1) is 13.4. The van der Waals surface area contributed by atoms with Crippen LogP contribution >= 0.6 is 0 Å². The molecule has 0 saturated carbocycles. The average Bonchev–Trinajstić information content (AvgIpc) is 3.19. The lowest BCUT2D eigenvalue weighted by molar-refractivity contribution is -0.120. The summed E-state index contributed by atoms with van der Waals surface area (Å²) in [6, 6.07) is 11.4. The van der Waals surface area contributed by atoms with Crippen LogP contribution in [0.3, 0.4) is 0 Å². The van der Waals surface area contributed by atoms with Gasteiger partial charge in [-0.2, -0.15) is 0 Å². The number of hydrogen-bond donors (Lipinski definition) is 1. The van der Waals surface area contributed by atoms with Gasteiger partial charge in [0.05, 0.1) is 16.7 Å². The molecule has 1 heterocycles. The number of halogens is 1. The van der Waals surface area contributed by atoms with Crippen molar-refractivity contribution in [2.45, 2.75) is 30.8 Å². The maximum atomic E-state index is 13.2. The molecule has 2 aromatic rings. The SMILES string of the molecule is Cc1ccc(N(CC(=O)NC[C@@H]2CCCO2)S(=O)(=O)c2ccc(F)cc2)cc1. The van der Waals surface area contributed by atoms with Gasteiger partial charge < -0.3 is 10.1 Å². The Balaban J connectivity index is 1.83. The molecule has 6 nitrogen and oxygen atoms in total. The lowest BCUT2D eigenvalue weighted by Gasteiger charge is -2.24. The first kappa shape index (κ1) is 20.3. The molecule has 0 aromatic heterocycles. The summed E-state index contributed by atoms with van der Waals surface area (Å²) in [5.74, 6) is -0.961. The molecule has 28 heavy (non-hydrogen) atoms. The summed E-state index contributed by atoms with van der Waals surface area (Å²) in [5.41, 5.74) is 1.33. The number of nitrogens with one attached hydrogen (secondary N) is 1. The van der Waals surface area contributed by atoms with E-state index in [4.69, 9.17) is 4.74 Å². The highest BCUT2D eigenvalue weighted by atomic mass is 32.2. The minimum absolute atomic E-state index is 0.0366. The Kier molecular flexibility index (Phi) is 6.31. The zero-order valence-electron chi connectivity index (χ0n) is 15.6. The number of sulfonamides is 1. The molecule has 150 valence electrons. The van der Waals surface area contributed by atoms with Crippen LogP contribution in [0.4, 0.5) is 10.1 Å². The molecule has 1 amide bonds. The fourth-order valence-electron chi connectivity index (χ4n) is 2.98. The number of nitrogens with zero attached hydrogens (tertiary/aromatic N) is 1. The second-order valence-electron chi connectivity index (χ2n) is 6.74. The molecule has 8 heteroatoms. The Morgan fingerprint density at radius 1 is 1.18 bits per heavy atom. The predicted octanol–water partition coefficient (Wildman–Crippen LogP) is 2.62. The quantitative estimate of drug-likeness (QED) is 0.767. The van der Waals surface area contributed by atoms with Gasteiger partial charge in [-0.15, -0.1) is 0 Å². The van der Waals surface area contributed by atoms with Gasteiger partial charge in [0.15, 0.2) is 0 Å². The summed E-state index contributed by atoms with van der Waals surface area (Å²) in [7, 11) is -4.04. The van der Waals surface area contributed by atoms with E-state index in [0.717, 1.165) is 34.8 Å². The topological polar surface area (TPSA) is 75.7 Å². The van der Waals surface area contributed by atoms with Crippen molar-refractivity contribution in [1.29, 1.82) is 0 Å². The van der Waals surface area contributed by atoms with Crippen molar-refractivity contribution in [3.8, 4) is 0 Å². The molecular weight excluding hydrogens is 383 g/mol. The molecule has 1 atom stereocenters. The van der Waals surface area contributed by atoms with Crippen LogP contribution < -0.4 is 9.62 Å². The van der Waals surface area contributed by atoms with Gasteiger partial charge >= 0.3 is 0 Å². The average molecular weight is 406 g/mol. The predicted molar refractivity (Wildman–Crippen MR) is 104 cm³/mol. The number of aryl methyl sites for hydroxylation is 1. The van der Waals surface area contributed by atoms with Gasteiger partial charge in [0.1, 0.15) is 12.4 Å². The highest BCUT2D eigenvalue weighted by Crippen LogP contribution is 2.24. The number of carbonyl (C=O) groups is 1. The maximum absolute atomic E-state index is 13.2. The van der Waals surface area contributed by atoms with Crippen molar-refractivity contribution < 1.29 is 22.3 Å². The van der Waals surface area contributed by atoms with Crippen LogP contribution in [0.1, 0.15) is 18.4 Å². The summed E-state index contributed by atoms with van der Waals surface area (Å²) >= 11 is 0. The number of hydrogen-bond acceptors (Lipinski definition) is 4. The van der Waals surface area contributed by atoms with Crippen molar-refractivity contribution in [3.63, 3.8) is 0 Å². The van der Waals surface area contributed by atoms with Crippen molar-refractivity contribution in [2.24, 2.45) is 0 Å². The molecule has 3 rings (SSSR count). The third-order valence-corrected chi connectivity index (χ3v) is 6.35. The number of amides is 1. The van der Waals surface area contributed by atoms with Crippen LogP contribution in [-0.4, -0.2) is 40.1 Å². The number of ether oxygens (including phenoxy) is 1. The van der Waals surface area contributed by atoms with E-state index in [2.05, 4.69) is 5.32 Å². The smallest absolute Gasteiger partial charge is 0.264 e. The van der Waals surface area contributed by atoms with Crippen molar-refractivity contribution >= 4 is 21.6 Å². The number of benzene rings is 2. The zero-order chi connectivity index (χ0) is 20.1. The van der Waals surface area contributed by atoms with Crippen molar-refractivity contribution in [1.82, 2.24) is 5.32 Å². The molecule has 0 spiro atoms. The van der Waals surface area contributed by atoms with Crippen molar-refractivity contribution in [2.75, 3.05) is 24.0 Å². The van der Waals surface area contributed by atoms with Crippen LogP contribution in [0.25, 0.3) is 0 Å². The highest BCUT2D eigenvalue weighted by molar-refractivity contribution is 7.92. The number of anilines is 1. The van der Waals surface area contributed by atoms with Crippen LogP contribution in [0.5, 0.6) is 0 Å². The highest BCUT2D eigenvalue weighted by Gasteiger charge is 2.27. The Bertz CT molecular complexity index is 908. The van der Waals surface area contributed by atoms with Crippen LogP contribution in [0, 0.1) is 12.7 Å². The van der Waals surface area contributed by atoms with Gasteiger partial charge in [0, 0.05) is 13.2 Å². The zero-order valence-corrected chi connectivity index (χ0v) is 16.4. The molecule has 0 bridgehead atoms. The van der Waals surface area contributed by atoms with Crippen LogP contribution in [0.15, 0.2) is 53.4 Å². The largest absolute Gasteiger partial charge is 0.376 e. The second kappa shape index (κ2) is 8.70. The Hall–Kier alpha value is -2.45. The summed E-state index contributed by atoms with van der Waals surface area (Å²) in [4.78, 5) is 12.4. The fourth-order valence-corrected chi connectivity index (χ4v) is 4.40. The van der Waals surface area contributed by atoms with E-state index in [9.17, 15) is 17.6 Å². The van der Waals surface area contributed by atoms with Crippen LogP contribution in [0.2, 0.25) is 0 Å². The number of carbonyl (C=O) groups excluding carboxylic acids is 1. The van der Waals surface area contributed by atoms with Gasteiger partial charge in [0.2, 0.25) is 5.91 Å². The molecular formula is C20H23FN2O4S. The summed E-state index contributed by atoms with van der Waals surface area (Å²) < 4.78 is 46.0. The normalized spacial score (nSPS) is 16.7. The third-order valence-electron chi connectivity index (χ3n) is 4.56. The van der Waals surface area contributed by atoms with Gasteiger partial charge in [-0.05, 0) is 56.2 Å². The molecule has 1 aliphatic rings. The van der Waals surface area contributed by atoms with Crippen molar-refractivity contribution in [3.05, 3.63) is 59.9 Å². The molecule has 1 aliphatic heterocycles. The molecule has 0 aliphatic carbocycles. The summed E-state index contributed by atoms with van der Waals surface area (Å²) in [6.45, 7) is 2.53. The Morgan fingerprint density at radius 2 is 1.86 bits per heavy atom. The lowest BCUT2D eigenvalue weighted by Crippen LogP contribution is -2.42. The Morgan fingerprint density at radius 3 is 2.46 bits per heavy atom. The number of rotatable bonds is 7. The Labute approximate surface area is 164 Å². The fraction of sp³-hybridized carbons (Fsp3) is 0.350. The molecule has 0 radical (unpaired) electrons.